The number of benzene rings is 12. The van der Waals surface area contributed by atoms with Crippen LogP contribution >= 0.6 is 0 Å². The van der Waals surface area contributed by atoms with Crippen molar-refractivity contribution in [2.45, 2.75) is 5.41 Å². The summed E-state index contributed by atoms with van der Waals surface area (Å²) in [6.45, 7) is 0. The highest BCUT2D eigenvalue weighted by Crippen LogP contribution is 2.56. The molecule has 12 aromatic carbocycles. The minimum absolute atomic E-state index is 0.476. The Morgan fingerprint density at radius 2 is 0.710 bits per heavy atom. The average molecular weight is 878 g/mol. The largest absolute Gasteiger partial charge is 0.455 e. The summed E-state index contributed by atoms with van der Waals surface area (Å²) in [7, 11) is 0. The predicted molar refractivity (Wildman–Crippen MR) is 289 cm³/mol. The molecule has 0 radical (unpaired) electrons. The number of hydrogen-bond acceptors (Lipinski definition) is 2. The lowest BCUT2D eigenvalue weighted by atomic mass is 9.68. The van der Waals surface area contributed by atoms with Gasteiger partial charge in [-0.15, -0.1) is 0 Å². The first-order chi connectivity index (χ1) is 34.2. The van der Waals surface area contributed by atoms with E-state index in [4.69, 9.17) is 4.42 Å². The van der Waals surface area contributed by atoms with Crippen molar-refractivity contribution in [2.75, 3.05) is 4.90 Å². The van der Waals surface area contributed by atoms with Gasteiger partial charge in [0.2, 0.25) is 0 Å². The molecule has 0 amide bonds. The number of anilines is 3. The van der Waals surface area contributed by atoms with E-state index in [1.165, 1.54) is 76.8 Å². The second kappa shape index (κ2) is 15.6. The molecule has 0 spiro atoms. The van der Waals surface area contributed by atoms with Crippen LogP contribution in [0.1, 0.15) is 22.3 Å². The van der Waals surface area contributed by atoms with Gasteiger partial charge >= 0.3 is 0 Å². The zero-order valence-electron chi connectivity index (χ0n) is 37.7. The molecule has 0 saturated heterocycles. The van der Waals surface area contributed by atoms with E-state index in [1.54, 1.807) is 0 Å². The zero-order chi connectivity index (χ0) is 45.5. The van der Waals surface area contributed by atoms with Gasteiger partial charge in [-0.25, -0.2) is 0 Å². The molecule has 0 atom stereocenters. The van der Waals surface area contributed by atoms with Crippen LogP contribution in [0.3, 0.4) is 0 Å². The number of fused-ring (bicyclic) bond motifs is 12. The van der Waals surface area contributed by atoms with E-state index in [9.17, 15) is 0 Å². The van der Waals surface area contributed by atoms with Crippen molar-refractivity contribution in [1.29, 1.82) is 0 Å². The van der Waals surface area contributed by atoms with Gasteiger partial charge in [0.15, 0.2) is 0 Å². The number of rotatable bonds is 7. The van der Waals surface area contributed by atoms with E-state index in [0.717, 1.165) is 50.1 Å². The minimum atomic E-state index is -0.476. The lowest BCUT2D eigenvalue weighted by Gasteiger charge is -2.34. The van der Waals surface area contributed by atoms with Gasteiger partial charge in [0.25, 0.3) is 0 Å². The molecule has 0 fully saturated rings. The van der Waals surface area contributed by atoms with Crippen LogP contribution in [0.4, 0.5) is 17.1 Å². The summed E-state index contributed by atoms with van der Waals surface area (Å²) in [5.74, 6) is 0. The molecule has 1 aromatic heterocycles. The normalized spacial score (nSPS) is 12.8. The highest BCUT2D eigenvalue weighted by Gasteiger charge is 2.45. The van der Waals surface area contributed by atoms with Gasteiger partial charge < -0.3 is 9.32 Å². The zero-order valence-corrected chi connectivity index (χ0v) is 37.7. The second-order valence-corrected chi connectivity index (χ2v) is 18.3. The highest BCUT2D eigenvalue weighted by molar-refractivity contribution is 6.25. The fourth-order valence-electron chi connectivity index (χ4n) is 11.7. The SMILES string of the molecule is c1ccc(C2(c3ccc(N(c4ccc(-c5ccc6c7ccccc7c7ccccc7c6c5)cc4)c4ccc(-c5cccc6c5oc5ccccc56)cc4)cc3)c3ccccc3-c3ccccc32)cc1. The van der Waals surface area contributed by atoms with E-state index >= 15 is 0 Å². The molecule has 322 valence electrons. The Hall–Kier alpha value is -8.98. The maximum Gasteiger partial charge on any atom is 0.143 e. The minimum Gasteiger partial charge on any atom is -0.455 e. The van der Waals surface area contributed by atoms with Crippen molar-refractivity contribution in [2.24, 2.45) is 0 Å². The Kier molecular flexibility index (Phi) is 8.84. The van der Waals surface area contributed by atoms with Crippen LogP contribution in [0, 0.1) is 0 Å². The molecular weight excluding hydrogens is 835 g/mol. The lowest BCUT2D eigenvalue weighted by Crippen LogP contribution is -2.28. The summed E-state index contributed by atoms with van der Waals surface area (Å²) in [5.41, 5.74) is 16.8. The molecule has 2 heteroatoms. The number of para-hydroxylation sites is 2. The molecule has 1 aliphatic carbocycles. The Morgan fingerprint density at radius 3 is 1.33 bits per heavy atom. The lowest BCUT2D eigenvalue weighted by molar-refractivity contribution is 0.670. The first kappa shape index (κ1) is 39.2. The van der Waals surface area contributed by atoms with Gasteiger partial charge in [0, 0.05) is 33.4 Å². The second-order valence-electron chi connectivity index (χ2n) is 18.3. The molecule has 69 heavy (non-hydrogen) atoms. The van der Waals surface area contributed by atoms with Crippen LogP contribution in [0.25, 0.3) is 87.6 Å². The molecule has 1 heterocycles. The quantitative estimate of drug-likeness (QED) is 0.148. The molecule has 14 rings (SSSR count). The van der Waals surface area contributed by atoms with Crippen molar-refractivity contribution in [3.05, 3.63) is 283 Å². The summed E-state index contributed by atoms with van der Waals surface area (Å²) in [4.78, 5) is 2.38. The molecule has 0 aliphatic heterocycles. The van der Waals surface area contributed by atoms with Crippen LogP contribution in [0.2, 0.25) is 0 Å². The summed E-state index contributed by atoms with van der Waals surface area (Å²) in [5, 5.41) is 9.94. The fourth-order valence-corrected chi connectivity index (χ4v) is 11.7. The van der Waals surface area contributed by atoms with E-state index in [-0.39, 0.29) is 0 Å². The van der Waals surface area contributed by atoms with E-state index in [1.807, 2.05) is 12.1 Å². The van der Waals surface area contributed by atoms with E-state index in [2.05, 4.69) is 254 Å². The van der Waals surface area contributed by atoms with Crippen molar-refractivity contribution in [3.8, 4) is 33.4 Å². The topological polar surface area (TPSA) is 16.4 Å². The third kappa shape index (κ3) is 5.99. The van der Waals surface area contributed by atoms with Gasteiger partial charge in [-0.2, -0.15) is 0 Å². The van der Waals surface area contributed by atoms with Crippen molar-refractivity contribution >= 4 is 71.3 Å². The monoisotopic (exact) mass is 877 g/mol. The fraction of sp³-hybridized carbons (Fsp3) is 0.0149. The van der Waals surface area contributed by atoms with E-state index in [0.29, 0.717) is 0 Å². The smallest absolute Gasteiger partial charge is 0.143 e. The first-order valence-corrected chi connectivity index (χ1v) is 23.8. The predicted octanol–water partition coefficient (Wildman–Crippen LogP) is 18.2. The Morgan fingerprint density at radius 1 is 0.275 bits per heavy atom. The molecule has 0 unspecified atom stereocenters. The Bertz CT molecular complexity index is 4030. The maximum absolute atomic E-state index is 6.49. The van der Waals surface area contributed by atoms with Crippen LogP contribution < -0.4 is 4.90 Å². The summed E-state index contributed by atoms with van der Waals surface area (Å²) in [6, 6.07) is 95.5. The third-order valence-electron chi connectivity index (χ3n) is 14.8. The van der Waals surface area contributed by atoms with Gasteiger partial charge in [0.1, 0.15) is 11.2 Å². The highest BCUT2D eigenvalue weighted by atomic mass is 16.3. The molecule has 0 bridgehead atoms. The first-order valence-electron chi connectivity index (χ1n) is 23.8. The van der Waals surface area contributed by atoms with Crippen molar-refractivity contribution < 1.29 is 4.42 Å². The number of hydrogen-bond donors (Lipinski definition) is 0. The molecule has 0 N–H and O–H groups in total. The average Bonchev–Trinajstić information content (AvgIpc) is 3.96. The van der Waals surface area contributed by atoms with Crippen molar-refractivity contribution in [1.82, 2.24) is 0 Å². The molecule has 0 saturated carbocycles. The third-order valence-corrected chi connectivity index (χ3v) is 14.8. The molecule has 13 aromatic rings. The Balaban J connectivity index is 0.902. The van der Waals surface area contributed by atoms with E-state index < -0.39 is 5.41 Å². The van der Waals surface area contributed by atoms with Crippen molar-refractivity contribution in [3.63, 3.8) is 0 Å². The number of furan rings is 1. The van der Waals surface area contributed by atoms with Gasteiger partial charge in [0.05, 0.1) is 5.41 Å². The standard InChI is InChI=1S/C67H43NO/c1-2-15-47(16-3-1)67(63-26-11-8-21-58(63)59-22-9-12-27-64(59)67)48-34-40-51(41-35-48)68(50-38-31-45(32-39-50)52-24-14-25-61-60-23-10-13-28-65(60)69-66(52)61)49-36-29-44(30-37-49)46-33-42-57-55-19-5-4-17-53(55)54-18-6-7-20-56(54)62(57)43-46/h1-43H. The molecular formula is C67H43NO. The van der Waals surface area contributed by atoms with Crippen LogP contribution in [0.5, 0.6) is 0 Å². The van der Waals surface area contributed by atoms with Gasteiger partial charge in [-0.05, 0) is 131 Å². The maximum atomic E-state index is 6.49. The summed E-state index contributed by atoms with van der Waals surface area (Å²) < 4.78 is 6.49. The van der Waals surface area contributed by atoms with Gasteiger partial charge in [-0.3, -0.25) is 0 Å². The van der Waals surface area contributed by atoms with Crippen LogP contribution in [-0.4, -0.2) is 0 Å². The summed E-state index contributed by atoms with van der Waals surface area (Å²) in [6.07, 6.45) is 0. The molecule has 1 aliphatic rings. The molecule has 2 nitrogen and oxygen atoms in total. The Labute approximate surface area is 400 Å². The van der Waals surface area contributed by atoms with Crippen LogP contribution in [-0.2, 0) is 5.41 Å². The summed E-state index contributed by atoms with van der Waals surface area (Å²) >= 11 is 0. The number of nitrogens with zero attached hydrogens (tertiary/aromatic N) is 1. The van der Waals surface area contributed by atoms with Crippen LogP contribution in [0.15, 0.2) is 265 Å². The van der Waals surface area contributed by atoms with Gasteiger partial charge in [-0.1, -0.05) is 212 Å².